The molecule has 0 aliphatic heterocycles. The third-order valence-corrected chi connectivity index (χ3v) is 2.68. The monoisotopic (exact) mass is 269 g/mol. The number of carbonyl (C=O) groups is 2. The van der Waals surface area contributed by atoms with Gasteiger partial charge in [-0.05, 0) is 43.3 Å². The molecule has 0 saturated carbocycles. The van der Waals surface area contributed by atoms with Crippen LogP contribution in [0.5, 0.6) is 0 Å². The summed E-state index contributed by atoms with van der Waals surface area (Å²) < 4.78 is 0. The van der Waals surface area contributed by atoms with Gasteiger partial charge in [0.2, 0.25) is 5.91 Å². The van der Waals surface area contributed by atoms with Crippen molar-refractivity contribution >= 4 is 23.2 Å². The van der Waals surface area contributed by atoms with Crippen LogP contribution < -0.4 is 10.6 Å². The molecular weight excluding hydrogens is 254 g/mol. The molecule has 2 rings (SSSR count). The average molecular weight is 269 g/mol. The molecule has 2 aromatic rings. The van der Waals surface area contributed by atoms with Crippen molar-refractivity contribution in [2.24, 2.45) is 0 Å². The topological polar surface area (TPSA) is 71.1 Å². The van der Waals surface area contributed by atoms with Gasteiger partial charge in [0.15, 0.2) is 5.78 Å². The van der Waals surface area contributed by atoms with E-state index in [0.29, 0.717) is 11.4 Å². The molecule has 0 fully saturated rings. The van der Waals surface area contributed by atoms with Crippen LogP contribution in [0.2, 0.25) is 0 Å². The minimum Gasteiger partial charge on any atom is -0.376 e. The van der Waals surface area contributed by atoms with E-state index < -0.39 is 0 Å². The molecule has 0 radical (unpaired) electrons. The van der Waals surface area contributed by atoms with Crippen LogP contribution in [-0.4, -0.2) is 23.2 Å². The van der Waals surface area contributed by atoms with Gasteiger partial charge in [-0.3, -0.25) is 9.59 Å². The third-order valence-electron chi connectivity index (χ3n) is 2.68. The molecule has 1 amide bonds. The van der Waals surface area contributed by atoms with Crippen LogP contribution in [0.3, 0.4) is 0 Å². The second-order valence-corrected chi connectivity index (χ2v) is 4.25. The van der Waals surface area contributed by atoms with Crippen molar-refractivity contribution in [2.45, 2.75) is 6.92 Å². The number of nitrogens with one attached hydrogen (secondary N) is 2. The van der Waals surface area contributed by atoms with Gasteiger partial charge in [-0.2, -0.15) is 0 Å². The second-order valence-electron chi connectivity index (χ2n) is 4.25. The Balaban J connectivity index is 1.85. The fraction of sp³-hybridized carbons (Fsp3) is 0.133. The van der Waals surface area contributed by atoms with E-state index in [1.165, 1.54) is 6.92 Å². The van der Waals surface area contributed by atoms with E-state index in [2.05, 4.69) is 15.6 Å². The maximum absolute atomic E-state index is 11.7. The summed E-state index contributed by atoms with van der Waals surface area (Å²) in [5.74, 6) is 0.356. The Hall–Kier alpha value is -2.69. The highest BCUT2D eigenvalue weighted by Crippen LogP contribution is 2.09. The fourth-order valence-corrected chi connectivity index (χ4v) is 1.63. The first-order valence-corrected chi connectivity index (χ1v) is 6.21. The summed E-state index contributed by atoms with van der Waals surface area (Å²) in [5, 5.41) is 5.65. The summed E-state index contributed by atoms with van der Waals surface area (Å²) in [6, 6.07) is 12.3. The molecule has 1 aromatic heterocycles. The van der Waals surface area contributed by atoms with Gasteiger partial charge in [-0.15, -0.1) is 0 Å². The quantitative estimate of drug-likeness (QED) is 0.817. The SMILES string of the molecule is CC(=O)c1ccc(NCC(=O)Nc2ccccn2)cc1. The predicted molar refractivity (Wildman–Crippen MR) is 77.8 cm³/mol. The number of ketones is 1. The zero-order chi connectivity index (χ0) is 14.4. The van der Waals surface area contributed by atoms with E-state index in [-0.39, 0.29) is 18.2 Å². The first-order valence-electron chi connectivity index (χ1n) is 6.21. The Labute approximate surface area is 117 Å². The van der Waals surface area contributed by atoms with Gasteiger partial charge >= 0.3 is 0 Å². The minimum atomic E-state index is -0.181. The lowest BCUT2D eigenvalue weighted by Gasteiger charge is -2.07. The smallest absolute Gasteiger partial charge is 0.244 e. The number of anilines is 2. The number of benzene rings is 1. The molecule has 0 aliphatic rings. The highest BCUT2D eigenvalue weighted by atomic mass is 16.2. The predicted octanol–water partition coefficient (Wildman–Crippen LogP) is 2.33. The van der Waals surface area contributed by atoms with Crippen LogP contribution >= 0.6 is 0 Å². The third kappa shape index (κ3) is 3.91. The second kappa shape index (κ2) is 6.47. The molecule has 1 aromatic carbocycles. The fourth-order valence-electron chi connectivity index (χ4n) is 1.63. The van der Waals surface area contributed by atoms with Gasteiger partial charge in [0.05, 0.1) is 6.54 Å². The van der Waals surface area contributed by atoms with Crippen LogP contribution in [0.25, 0.3) is 0 Å². The maximum atomic E-state index is 11.7. The van der Waals surface area contributed by atoms with Crippen LogP contribution in [0, 0.1) is 0 Å². The van der Waals surface area contributed by atoms with Crippen molar-refractivity contribution in [3.05, 3.63) is 54.2 Å². The number of rotatable bonds is 5. The molecule has 0 unspecified atom stereocenters. The summed E-state index contributed by atoms with van der Waals surface area (Å²) in [7, 11) is 0. The molecule has 0 spiro atoms. The van der Waals surface area contributed by atoms with Crippen LogP contribution in [0.15, 0.2) is 48.7 Å². The number of nitrogens with zero attached hydrogens (tertiary/aromatic N) is 1. The van der Waals surface area contributed by atoms with E-state index >= 15 is 0 Å². The van der Waals surface area contributed by atoms with E-state index in [9.17, 15) is 9.59 Å². The van der Waals surface area contributed by atoms with Crippen LogP contribution in [-0.2, 0) is 4.79 Å². The molecule has 102 valence electrons. The van der Waals surface area contributed by atoms with E-state index in [0.717, 1.165) is 5.69 Å². The number of pyridine rings is 1. The van der Waals surface area contributed by atoms with Gasteiger partial charge in [0.1, 0.15) is 5.82 Å². The van der Waals surface area contributed by atoms with E-state index in [4.69, 9.17) is 0 Å². The van der Waals surface area contributed by atoms with Gasteiger partial charge in [-0.25, -0.2) is 4.98 Å². The molecule has 5 nitrogen and oxygen atoms in total. The first-order chi connectivity index (χ1) is 9.65. The molecule has 0 aliphatic carbocycles. The molecular formula is C15H15N3O2. The Bertz CT molecular complexity index is 594. The zero-order valence-corrected chi connectivity index (χ0v) is 11.1. The summed E-state index contributed by atoms with van der Waals surface area (Å²) in [5.41, 5.74) is 1.43. The highest BCUT2D eigenvalue weighted by Gasteiger charge is 2.03. The first kappa shape index (κ1) is 13.7. The highest BCUT2D eigenvalue weighted by molar-refractivity contribution is 5.95. The molecule has 2 N–H and O–H groups in total. The lowest BCUT2D eigenvalue weighted by Crippen LogP contribution is -2.22. The number of carbonyl (C=O) groups excluding carboxylic acids is 2. The molecule has 0 atom stereocenters. The maximum Gasteiger partial charge on any atom is 0.244 e. The molecule has 1 heterocycles. The van der Waals surface area contributed by atoms with Crippen molar-refractivity contribution in [1.82, 2.24) is 4.98 Å². The molecule has 0 saturated heterocycles. The molecule has 5 heteroatoms. The van der Waals surface area contributed by atoms with Crippen molar-refractivity contribution in [1.29, 1.82) is 0 Å². The Morgan fingerprint density at radius 3 is 2.45 bits per heavy atom. The van der Waals surface area contributed by atoms with E-state index in [1.54, 1.807) is 48.7 Å². The summed E-state index contributed by atoms with van der Waals surface area (Å²) in [4.78, 5) is 26.8. The van der Waals surface area contributed by atoms with Crippen molar-refractivity contribution in [2.75, 3.05) is 17.2 Å². The molecule has 20 heavy (non-hydrogen) atoms. The van der Waals surface area contributed by atoms with Crippen molar-refractivity contribution in [3.8, 4) is 0 Å². The summed E-state index contributed by atoms with van der Waals surface area (Å²) in [6.45, 7) is 1.65. The standard InChI is InChI=1S/C15H15N3O2/c1-11(19)12-5-7-13(8-6-12)17-10-15(20)18-14-4-2-3-9-16-14/h2-9,17H,10H2,1H3,(H,16,18,20). The minimum absolute atomic E-state index is 0.0180. The van der Waals surface area contributed by atoms with E-state index in [1.807, 2.05) is 0 Å². The van der Waals surface area contributed by atoms with Crippen molar-refractivity contribution in [3.63, 3.8) is 0 Å². The number of Topliss-reactive ketones (excluding diaryl/α,β-unsaturated/α-hetero) is 1. The van der Waals surface area contributed by atoms with Crippen LogP contribution in [0.1, 0.15) is 17.3 Å². The number of hydrogen-bond acceptors (Lipinski definition) is 4. The molecule has 0 bridgehead atoms. The lowest BCUT2D eigenvalue weighted by molar-refractivity contribution is -0.114. The lowest BCUT2D eigenvalue weighted by atomic mass is 10.1. The van der Waals surface area contributed by atoms with Crippen molar-refractivity contribution < 1.29 is 9.59 Å². The van der Waals surface area contributed by atoms with Gasteiger partial charge in [-0.1, -0.05) is 6.07 Å². The summed E-state index contributed by atoms with van der Waals surface area (Å²) >= 11 is 0. The Kier molecular flexibility index (Phi) is 4.44. The Morgan fingerprint density at radius 1 is 1.10 bits per heavy atom. The average Bonchev–Trinajstić information content (AvgIpc) is 2.46. The summed E-state index contributed by atoms with van der Waals surface area (Å²) in [6.07, 6.45) is 1.61. The Morgan fingerprint density at radius 2 is 1.85 bits per heavy atom. The number of aromatic nitrogens is 1. The van der Waals surface area contributed by atoms with Crippen LogP contribution in [0.4, 0.5) is 11.5 Å². The van der Waals surface area contributed by atoms with Gasteiger partial charge in [0.25, 0.3) is 0 Å². The largest absolute Gasteiger partial charge is 0.376 e. The zero-order valence-electron chi connectivity index (χ0n) is 11.1. The van der Waals surface area contributed by atoms with Gasteiger partial charge in [0, 0.05) is 17.4 Å². The normalized spacial score (nSPS) is 9.85. The number of amides is 1. The van der Waals surface area contributed by atoms with Gasteiger partial charge < -0.3 is 10.6 Å². The number of hydrogen-bond donors (Lipinski definition) is 2.